The Morgan fingerprint density at radius 2 is 1.74 bits per heavy atom. The lowest BCUT2D eigenvalue weighted by atomic mass is 10.1. The number of anilines is 2. The second-order valence-corrected chi connectivity index (χ2v) is 6.44. The van der Waals surface area contributed by atoms with Crippen LogP contribution >= 0.6 is 0 Å². The van der Waals surface area contributed by atoms with Crippen LogP contribution < -0.4 is 15.5 Å². The van der Waals surface area contributed by atoms with Crippen molar-refractivity contribution < 1.29 is 14.3 Å². The summed E-state index contributed by atoms with van der Waals surface area (Å²) in [7, 11) is 0. The average Bonchev–Trinajstić information content (AvgIpc) is 2.73. The third-order valence-corrected chi connectivity index (χ3v) is 4.42. The Balaban J connectivity index is 1.64. The van der Waals surface area contributed by atoms with Gasteiger partial charge in [-0.2, -0.15) is 0 Å². The zero-order chi connectivity index (χ0) is 19.1. The Morgan fingerprint density at radius 1 is 1.00 bits per heavy atom. The minimum Gasteiger partial charge on any atom is -0.378 e. The van der Waals surface area contributed by atoms with Crippen molar-refractivity contribution in [3.05, 3.63) is 59.7 Å². The molecule has 6 heteroatoms. The van der Waals surface area contributed by atoms with Crippen LogP contribution in [0, 0.1) is 0 Å². The average molecular weight is 367 g/mol. The minimum atomic E-state index is -0.199. The van der Waals surface area contributed by atoms with Gasteiger partial charge >= 0.3 is 0 Å². The molecule has 0 atom stereocenters. The molecular weight excluding hydrogens is 342 g/mol. The van der Waals surface area contributed by atoms with Crippen molar-refractivity contribution in [2.75, 3.05) is 43.1 Å². The first kappa shape index (κ1) is 18.9. The summed E-state index contributed by atoms with van der Waals surface area (Å²) in [5, 5.41) is 5.69. The molecular formula is C21H25N3O3. The Bertz CT molecular complexity index is 784. The summed E-state index contributed by atoms with van der Waals surface area (Å²) in [6.45, 7) is 5.80. The first-order valence-electron chi connectivity index (χ1n) is 9.30. The van der Waals surface area contributed by atoms with Gasteiger partial charge in [0.25, 0.3) is 11.8 Å². The molecule has 0 saturated carbocycles. The van der Waals surface area contributed by atoms with Crippen LogP contribution in [0.4, 0.5) is 11.4 Å². The van der Waals surface area contributed by atoms with Gasteiger partial charge in [-0.3, -0.25) is 9.59 Å². The smallest absolute Gasteiger partial charge is 0.255 e. The van der Waals surface area contributed by atoms with E-state index in [1.54, 1.807) is 24.3 Å². The first-order valence-corrected chi connectivity index (χ1v) is 9.30. The Hall–Kier alpha value is -2.86. The molecule has 142 valence electrons. The van der Waals surface area contributed by atoms with Gasteiger partial charge in [-0.05, 0) is 48.9 Å². The Labute approximate surface area is 159 Å². The zero-order valence-corrected chi connectivity index (χ0v) is 15.5. The molecule has 0 aromatic heterocycles. The van der Waals surface area contributed by atoms with Crippen LogP contribution in [-0.2, 0) is 4.74 Å². The lowest BCUT2D eigenvalue weighted by molar-refractivity contribution is 0.0952. The molecule has 1 fully saturated rings. The van der Waals surface area contributed by atoms with E-state index in [1.165, 1.54) is 0 Å². The van der Waals surface area contributed by atoms with Crippen molar-refractivity contribution in [3.8, 4) is 0 Å². The number of hydrogen-bond acceptors (Lipinski definition) is 4. The standard InChI is InChI=1S/C21H25N3O3/c1-2-10-22-20(25)17-4-3-5-18(15-17)23-21(26)16-6-8-19(9-7-16)24-11-13-27-14-12-24/h3-9,15H,2,10-14H2,1H3,(H,22,25)(H,23,26). The third kappa shape index (κ3) is 5.08. The van der Waals surface area contributed by atoms with E-state index < -0.39 is 0 Å². The second-order valence-electron chi connectivity index (χ2n) is 6.44. The van der Waals surface area contributed by atoms with Gasteiger partial charge in [-0.25, -0.2) is 0 Å². The predicted octanol–water partition coefficient (Wildman–Crippen LogP) is 2.92. The molecule has 6 nitrogen and oxygen atoms in total. The van der Waals surface area contributed by atoms with E-state index in [1.807, 2.05) is 31.2 Å². The van der Waals surface area contributed by atoms with Crippen molar-refractivity contribution >= 4 is 23.2 Å². The topological polar surface area (TPSA) is 70.7 Å². The normalized spacial score (nSPS) is 13.9. The Kier molecular flexibility index (Phi) is 6.44. The van der Waals surface area contributed by atoms with E-state index in [0.29, 0.717) is 23.4 Å². The van der Waals surface area contributed by atoms with Gasteiger partial charge in [0.15, 0.2) is 0 Å². The van der Waals surface area contributed by atoms with E-state index in [2.05, 4.69) is 15.5 Å². The number of rotatable bonds is 6. The molecule has 1 aliphatic rings. The van der Waals surface area contributed by atoms with E-state index in [0.717, 1.165) is 38.4 Å². The number of carbonyl (C=O) groups is 2. The highest BCUT2D eigenvalue weighted by Gasteiger charge is 2.13. The second kappa shape index (κ2) is 9.19. The van der Waals surface area contributed by atoms with Crippen LogP contribution in [0.3, 0.4) is 0 Å². The molecule has 1 saturated heterocycles. The van der Waals surface area contributed by atoms with Crippen LogP contribution in [0.5, 0.6) is 0 Å². The highest BCUT2D eigenvalue weighted by Crippen LogP contribution is 2.18. The van der Waals surface area contributed by atoms with E-state index in [-0.39, 0.29) is 11.8 Å². The monoisotopic (exact) mass is 367 g/mol. The molecule has 0 aliphatic carbocycles. The molecule has 1 aliphatic heterocycles. The highest BCUT2D eigenvalue weighted by atomic mass is 16.5. The number of nitrogens with zero attached hydrogens (tertiary/aromatic N) is 1. The molecule has 2 amide bonds. The summed E-state index contributed by atoms with van der Waals surface area (Å²) < 4.78 is 5.36. The number of benzene rings is 2. The SMILES string of the molecule is CCCNC(=O)c1cccc(NC(=O)c2ccc(N3CCOCC3)cc2)c1. The van der Waals surface area contributed by atoms with Gasteiger partial charge in [-0.1, -0.05) is 13.0 Å². The summed E-state index contributed by atoms with van der Waals surface area (Å²) >= 11 is 0. The Morgan fingerprint density at radius 3 is 2.44 bits per heavy atom. The quantitative estimate of drug-likeness (QED) is 0.824. The molecule has 3 rings (SSSR count). The maximum atomic E-state index is 12.5. The van der Waals surface area contributed by atoms with Crippen LogP contribution in [0.15, 0.2) is 48.5 Å². The molecule has 2 aromatic rings. The fourth-order valence-electron chi connectivity index (χ4n) is 2.93. The molecule has 27 heavy (non-hydrogen) atoms. The molecule has 2 N–H and O–H groups in total. The maximum Gasteiger partial charge on any atom is 0.255 e. The number of morpholine rings is 1. The van der Waals surface area contributed by atoms with Crippen LogP contribution in [0.1, 0.15) is 34.1 Å². The molecule has 0 spiro atoms. The van der Waals surface area contributed by atoms with Gasteiger partial charge < -0.3 is 20.3 Å². The minimum absolute atomic E-state index is 0.136. The largest absolute Gasteiger partial charge is 0.378 e. The summed E-state index contributed by atoms with van der Waals surface area (Å²) in [4.78, 5) is 26.8. The molecule has 0 radical (unpaired) electrons. The fourth-order valence-corrected chi connectivity index (χ4v) is 2.93. The lowest BCUT2D eigenvalue weighted by Gasteiger charge is -2.28. The molecule has 0 unspecified atom stereocenters. The van der Waals surface area contributed by atoms with Crippen LogP contribution in [-0.4, -0.2) is 44.7 Å². The highest BCUT2D eigenvalue weighted by molar-refractivity contribution is 6.05. The predicted molar refractivity (Wildman–Crippen MR) is 106 cm³/mol. The van der Waals surface area contributed by atoms with Crippen LogP contribution in [0.25, 0.3) is 0 Å². The summed E-state index contributed by atoms with van der Waals surface area (Å²) in [6.07, 6.45) is 0.878. The zero-order valence-electron chi connectivity index (χ0n) is 15.5. The van der Waals surface area contributed by atoms with Crippen molar-refractivity contribution in [2.45, 2.75) is 13.3 Å². The third-order valence-electron chi connectivity index (χ3n) is 4.42. The number of hydrogen-bond donors (Lipinski definition) is 2. The summed E-state index contributed by atoms with van der Waals surface area (Å²) in [5.41, 5.74) is 2.79. The summed E-state index contributed by atoms with van der Waals surface area (Å²) in [6, 6.07) is 14.5. The number of amides is 2. The number of carbonyl (C=O) groups excluding carboxylic acids is 2. The van der Waals surface area contributed by atoms with Gasteiger partial charge in [-0.15, -0.1) is 0 Å². The molecule has 1 heterocycles. The summed E-state index contributed by atoms with van der Waals surface area (Å²) in [5.74, 6) is -0.336. The van der Waals surface area contributed by atoms with Crippen molar-refractivity contribution in [2.24, 2.45) is 0 Å². The van der Waals surface area contributed by atoms with E-state index >= 15 is 0 Å². The van der Waals surface area contributed by atoms with E-state index in [9.17, 15) is 9.59 Å². The first-order chi connectivity index (χ1) is 13.2. The number of ether oxygens (including phenoxy) is 1. The van der Waals surface area contributed by atoms with Crippen LogP contribution in [0.2, 0.25) is 0 Å². The van der Waals surface area contributed by atoms with Crippen molar-refractivity contribution in [1.29, 1.82) is 0 Å². The van der Waals surface area contributed by atoms with Gasteiger partial charge in [0, 0.05) is 42.1 Å². The van der Waals surface area contributed by atoms with Gasteiger partial charge in [0.2, 0.25) is 0 Å². The van der Waals surface area contributed by atoms with Crippen molar-refractivity contribution in [3.63, 3.8) is 0 Å². The lowest BCUT2D eigenvalue weighted by Crippen LogP contribution is -2.36. The fraction of sp³-hybridized carbons (Fsp3) is 0.333. The van der Waals surface area contributed by atoms with Crippen molar-refractivity contribution in [1.82, 2.24) is 5.32 Å². The molecule has 2 aromatic carbocycles. The molecule has 0 bridgehead atoms. The number of nitrogens with one attached hydrogen (secondary N) is 2. The van der Waals surface area contributed by atoms with Gasteiger partial charge in [0.1, 0.15) is 0 Å². The van der Waals surface area contributed by atoms with Gasteiger partial charge in [0.05, 0.1) is 13.2 Å². The van der Waals surface area contributed by atoms with E-state index in [4.69, 9.17) is 4.74 Å². The maximum absolute atomic E-state index is 12.5.